The molecule has 2 rings (SSSR count). The molecule has 0 unspecified atom stereocenters. The Balaban J connectivity index is 2.25. The highest BCUT2D eigenvalue weighted by Gasteiger charge is 2.33. The van der Waals surface area contributed by atoms with Gasteiger partial charge >= 0.3 is 12.2 Å². The second-order valence-corrected chi connectivity index (χ2v) is 5.82. The standard InChI is InChI=1S/C18H19F3N2O/c1-11(2)13-8-6-7-12(3)16(13)23-17(24)22-15-10-5-4-9-14(15)18(19,20)21/h4-11H,1-3H3,(H2,22,23,24). The van der Waals surface area contributed by atoms with Gasteiger partial charge in [-0.3, -0.25) is 0 Å². The van der Waals surface area contributed by atoms with Crippen molar-refractivity contribution in [3.8, 4) is 0 Å². The predicted octanol–water partition coefficient (Wildman–Crippen LogP) is 5.78. The highest BCUT2D eigenvalue weighted by Crippen LogP contribution is 2.35. The largest absolute Gasteiger partial charge is 0.418 e. The summed E-state index contributed by atoms with van der Waals surface area (Å²) >= 11 is 0. The van der Waals surface area contributed by atoms with Crippen LogP contribution in [0.3, 0.4) is 0 Å². The molecule has 0 aliphatic heterocycles. The van der Waals surface area contributed by atoms with Crippen molar-refractivity contribution >= 4 is 17.4 Å². The van der Waals surface area contributed by atoms with E-state index in [1.165, 1.54) is 18.2 Å². The molecule has 0 fully saturated rings. The second-order valence-electron chi connectivity index (χ2n) is 5.82. The summed E-state index contributed by atoms with van der Waals surface area (Å²) in [5, 5.41) is 4.96. The van der Waals surface area contributed by atoms with Gasteiger partial charge in [-0.1, -0.05) is 44.2 Å². The van der Waals surface area contributed by atoms with E-state index in [4.69, 9.17) is 0 Å². The molecule has 24 heavy (non-hydrogen) atoms. The zero-order chi connectivity index (χ0) is 17.9. The average molecular weight is 336 g/mol. The van der Waals surface area contributed by atoms with Crippen molar-refractivity contribution in [3.05, 3.63) is 59.2 Å². The number of alkyl halides is 3. The lowest BCUT2D eigenvalue weighted by Gasteiger charge is -2.18. The number of benzene rings is 2. The molecule has 0 radical (unpaired) electrons. The molecular formula is C18H19F3N2O. The fourth-order valence-electron chi connectivity index (χ4n) is 2.45. The number of carbonyl (C=O) groups excluding carboxylic acids is 1. The van der Waals surface area contributed by atoms with Gasteiger partial charge in [0.25, 0.3) is 0 Å². The minimum Gasteiger partial charge on any atom is -0.307 e. The number of hydrogen-bond acceptors (Lipinski definition) is 1. The summed E-state index contributed by atoms with van der Waals surface area (Å²) in [6.45, 7) is 5.80. The molecule has 2 N–H and O–H groups in total. The lowest BCUT2D eigenvalue weighted by molar-refractivity contribution is -0.136. The molecule has 2 aromatic carbocycles. The van der Waals surface area contributed by atoms with Gasteiger partial charge in [0.05, 0.1) is 11.3 Å². The number of halogens is 3. The van der Waals surface area contributed by atoms with E-state index in [1.54, 1.807) is 0 Å². The predicted molar refractivity (Wildman–Crippen MR) is 89.4 cm³/mol. The molecule has 0 heterocycles. The number of aryl methyl sites for hydroxylation is 1. The van der Waals surface area contributed by atoms with Crippen LogP contribution in [-0.4, -0.2) is 6.03 Å². The summed E-state index contributed by atoms with van der Waals surface area (Å²) in [4.78, 5) is 12.2. The summed E-state index contributed by atoms with van der Waals surface area (Å²) in [7, 11) is 0. The van der Waals surface area contributed by atoms with Crippen LogP contribution in [0.5, 0.6) is 0 Å². The Morgan fingerprint density at radius 3 is 2.29 bits per heavy atom. The highest BCUT2D eigenvalue weighted by atomic mass is 19.4. The van der Waals surface area contributed by atoms with Gasteiger partial charge in [-0.25, -0.2) is 4.79 Å². The van der Waals surface area contributed by atoms with E-state index in [-0.39, 0.29) is 11.6 Å². The number of urea groups is 1. The molecule has 0 bridgehead atoms. The summed E-state index contributed by atoms with van der Waals surface area (Å²) in [5.41, 5.74) is 1.24. The lowest BCUT2D eigenvalue weighted by Crippen LogP contribution is -2.23. The third-order valence-corrected chi connectivity index (χ3v) is 3.65. The van der Waals surface area contributed by atoms with Gasteiger partial charge in [0, 0.05) is 5.69 Å². The van der Waals surface area contributed by atoms with Crippen molar-refractivity contribution in [1.82, 2.24) is 0 Å². The monoisotopic (exact) mass is 336 g/mol. The first-order chi connectivity index (χ1) is 11.2. The molecular weight excluding hydrogens is 317 g/mol. The molecule has 0 spiro atoms. The first kappa shape index (κ1) is 17.8. The maximum Gasteiger partial charge on any atom is 0.418 e. The van der Waals surface area contributed by atoms with Gasteiger partial charge in [-0.15, -0.1) is 0 Å². The second kappa shape index (κ2) is 6.95. The van der Waals surface area contributed by atoms with Crippen LogP contribution in [0, 0.1) is 6.92 Å². The summed E-state index contributed by atoms with van der Waals surface area (Å²) < 4.78 is 39.0. The van der Waals surface area contributed by atoms with Crippen LogP contribution in [0.25, 0.3) is 0 Å². The maximum atomic E-state index is 13.0. The fraction of sp³-hybridized carbons (Fsp3) is 0.278. The van der Waals surface area contributed by atoms with Gasteiger partial charge in [0.1, 0.15) is 0 Å². The molecule has 6 heteroatoms. The van der Waals surface area contributed by atoms with E-state index in [0.29, 0.717) is 5.69 Å². The van der Waals surface area contributed by atoms with Gasteiger partial charge in [-0.2, -0.15) is 13.2 Å². The third-order valence-electron chi connectivity index (χ3n) is 3.65. The Hall–Kier alpha value is -2.50. The number of rotatable bonds is 3. The molecule has 128 valence electrons. The summed E-state index contributed by atoms with van der Waals surface area (Å²) in [5.74, 6) is 0.169. The normalized spacial score (nSPS) is 11.5. The van der Waals surface area contributed by atoms with E-state index in [1.807, 2.05) is 39.0 Å². The van der Waals surface area contributed by atoms with Gasteiger partial charge < -0.3 is 10.6 Å². The first-order valence-electron chi connectivity index (χ1n) is 7.54. The van der Waals surface area contributed by atoms with E-state index >= 15 is 0 Å². The van der Waals surface area contributed by atoms with Gasteiger partial charge in [-0.05, 0) is 36.1 Å². The Morgan fingerprint density at radius 1 is 1.00 bits per heavy atom. The van der Waals surface area contributed by atoms with Gasteiger partial charge in [0.15, 0.2) is 0 Å². The van der Waals surface area contributed by atoms with Crippen molar-refractivity contribution in [1.29, 1.82) is 0 Å². The molecule has 2 amide bonds. The molecule has 0 aliphatic carbocycles. The third kappa shape index (κ3) is 4.07. The number of hydrogen-bond donors (Lipinski definition) is 2. The zero-order valence-corrected chi connectivity index (χ0v) is 13.7. The first-order valence-corrected chi connectivity index (χ1v) is 7.54. The molecule has 3 nitrogen and oxygen atoms in total. The van der Waals surface area contributed by atoms with E-state index in [0.717, 1.165) is 17.2 Å². The quantitative estimate of drug-likeness (QED) is 0.733. The molecule has 0 aromatic heterocycles. The van der Waals surface area contributed by atoms with E-state index < -0.39 is 17.8 Å². The van der Waals surface area contributed by atoms with Crippen LogP contribution >= 0.6 is 0 Å². The number of nitrogens with one attached hydrogen (secondary N) is 2. The topological polar surface area (TPSA) is 41.1 Å². The van der Waals surface area contributed by atoms with Crippen molar-refractivity contribution < 1.29 is 18.0 Å². The Bertz CT molecular complexity index is 739. The smallest absolute Gasteiger partial charge is 0.307 e. The van der Waals surface area contributed by atoms with Crippen molar-refractivity contribution in [3.63, 3.8) is 0 Å². The van der Waals surface area contributed by atoms with E-state index in [2.05, 4.69) is 10.6 Å². The maximum absolute atomic E-state index is 13.0. The number of para-hydroxylation sites is 2. The average Bonchev–Trinajstić information content (AvgIpc) is 2.48. The molecule has 2 aromatic rings. The molecule has 0 saturated heterocycles. The highest BCUT2D eigenvalue weighted by molar-refractivity contribution is 6.01. The van der Waals surface area contributed by atoms with Crippen LogP contribution in [-0.2, 0) is 6.18 Å². The Morgan fingerprint density at radius 2 is 1.67 bits per heavy atom. The van der Waals surface area contributed by atoms with Crippen LogP contribution in [0.2, 0.25) is 0 Å². The van der Waals surface area contributed by atoms with Crippen LogP contribution in [0.15, 0.2) is 42.5 Å². The van der Waals surface area contributed by atoms with Crippen molar-refractivity contribution in [2.45, 2.75) is 32.9 Å². The number of amides is 2. The van der Waals surface area contributed by atoms with Crippen LogP contribution < -0.4 is 10.6 Å². The van der Waals surface area contributed by atoms with Crippen LogP contribution in [0.1, 0.15) is 36.5 Å². The SMILES string of the molecule is Cc1cccc(C(C)C)c1NC(=O)Nc1ccccc1C(F)(F)F. The van der Waals surface area contributed by atoms with Crippen LogP contribution in [0.4, 0.5) is 29.3 Å². The zero-order valence-electron chi connectivity index (χ0n) is 13.7. The fourth-order valence-corrected chi connectivity index (χ4v) is 2.45. The Labute approximate surface area is 138 Å². The minimum absolute atomic E-state index is 0.169. The molecule has 0 atom stereocenters. The van der Waals surface area contributed by atoms with Crippen molar-refractivity contribution in [2.75, 3.05) is 10.6 Å². The van der Waals surface area contributed by atoms with Gasteiger partial charge in [0.2, 0.25) is 0 Å². The van der Waals surface area contributed by atoms with E-state index in [9.17, 15) is 18.0 Å². The Kier molecular flexibility index (Phi) is 5.17. The molecule has 0 saturated carbocycles. The minimum atomic E-state index is -4.53. The molecule has 0 aliphatic rings. The number of anilines is 2. The summed E-state index contributed by atoms with van der Waals surface area (Å²) in [6.07, 6.45) is -4.53. The lowest BCUT2D eigenvalue weighted by atomic mass is 9.98. The van der Waals surface area contributed by atoms with Crippen molar-refractivity contribution in [2.24, 2.45) is 0 Å². The summed E-state index contributed by atoms with van der Waals surface area (Å²) in [6, 6.07) is 9.78. The number of carbonyl (C=O) groups is 1.